The molecule has 1 fully saturated rings. The van der Waals surface area contributed by atoms with Crippen molar-refractivity contribution in [2.24, 2.45) is 0 Å². The summed E-state index contributed by atoms with van der Waals surface area (Å²) in [5.41, 5.74) is -0.526. The third-order valence-electron chi connectivity index (χ3n) is 4.13. The Morgan fingerprint density at radius 1 is 1.17 bits per heavy atom. The third kappa shape index (κ3) is 6.57. The zero-order valence-electron chi connectivity index (χ0n) is 16.7. The van der Waals surface area contributed by atoms with Crippen LogP contribution in [-0.2, 0) is 11.2 Å². The largest absolute Gasteiger partial charge is 0.444 e. The Morgan fingerprint density at radius 2 is 1.83 bits per heavy atom. The maximum absolute atomic E-state index is 14.4. The van der Waals surface area contributed by atoms with Crippen LogP contribution in [0.3, 0.4) is 0 Å². The number of thiazole rings is 1. The summed E-state index contributed by atoms with van der Waals surface area (Å²) in [4.78, 5) is 21.3. The first kappa shape index (κ1) is 21.8. The molecular weight excluding hydrogens is 416 g/mol. The topological polar surface area (TPSA) is 45.7 Å². The van der Waals surface area contributed by atoms with Crippen molar-refractivity contribution in [1.29, 1.82) is 0 Å². The SMILES string of the molecule is CC(C)(C)OC(=O)N1CCN(c2ncc(CC(F)(F)Sc3ccccc3)s2)CC1. The molecule has 1 aliphatic heterocycles. The number of ether oxygens (including phenoxy) is 1. The molecule has 158 valence electrons. The predicted molar refractivity (Wildman–Crippen MR) is 113 cm³/mol. The molecule has 1 aromatic heterocycles. The van der Waals surface area contributed by atoms with Crippen LogP contribution in [-0.4, -0.2) is 53.0 Å². The molecule has 0 bridgehead atoms. The van der Waals surface area contributed by atoms with E-state index in [-0.39, 0.29) is 12.5 Å². The van der Waals surface area contributed by atoms with E-state index in [9.17, 15) is 13.6 Å². The molecule has 2 aromatic rings. The van der Waals surface area contributed by atoms with Gasteiger partial charge in [-0.1, -0.05) is 30.0 Å². The van der Waals surface area contributed by atoms with E-state index in [2.05, 4.69) is 4.98 Å². The Labute approximate surface area is 178 Å². The average molecular weight is 442 g/mol. The molecule has 9 heteroatoms. The van der Waals surface area contributed by atoms with E-state index >= 15 is 0 Å². The maximum atomic E-state index is 14.4. The number of rotatable bonds is 5. The van der Waals surface area contributed by atoms with Crippen LogP contribution >= 0.6 is 23.1 Å². The minimum absolute atomic E-state index is 0.324. The summed E-state index contributed by atoms with van der Waals surface area (Å²) in [6.07, 6.45) is 0.844. The van der Waals surface area contributed by atoms with Gasteiger partial charge in [-0.15, -0.1) is 11.3 Å². The van der Waals surface area contributed by atoms with Crippen molar-refractivity contribution >= 4 is 34.3 Å². The fraction of sp³-hybridized carbons (Fsp3) is 0.500. The Bertz CT molecular complexity index is 817. The average Bonchev–Trinajstić information content (AvgIpc) is 3.08. The first-order valence-corrected chi connectivity index (χ1v) is 11.0. The first-order valence-electron chi connectivity index (χ1n) is 9.41. The van der Waals surface area contributed by atoms with Gasteiger partial charge < -0.3 is 14.5 Å². The number of nitrogens with zero attached hydrogens (tertiary/aromatic N) is 3. The van der Waals surface area contributed by atoms with Gasteiger partial charge in [-0.3, -0.25) is 0 Å². The number of thioether (sulfide) groups is 1. The quantitative estimate of drug-likeness (QED) is 0.602. The summed E-state index contributed by atoms with van der Waals surface area (Å²) in [5.74, 6) is 0. The van der Waals surface area contributed by atoms with Crippen molar-refractivity contribution in [3.8, 4) is 0 Å². The number of amides is 1. The number of hydrogen-bond acceptors (Lipinski definition) is 6. The van der Waals surface area contributed by atoms with Crippen LogP contribution in [0.15, 0.2) is 41.4 Å². The number of aromatic nitrogens is 1. The molecule has 2 heterocycles. The predicted octanol–water partition coefficient (Wildman–Crippen LogP) is 5.13. The summed E-state index contributed by atoms with van der Waals surface area (Å²) in [6, 6.07) is 8.67. The molecule has 0 N–H and O–H groups in total. The molecule has 1 aromatic carbocycles. The Hall–Kier alpha value is -1.87. The highest BCUT2D eigenvalue weighted by Crippen LogP contribution is 2.40. The highest BCUT2D eigenvalue weighted by atomic mass is 32.2. The Kier molecular flexibility index (Phi) is 6.68. The van der Waals surface area contributed by atoms with E-state index in [0.717, 1.165) is 0 Å². The van der Waals surface area contributed by atoms with Crippen molar-refractivity contribution in [1.82, 2.24) is 9.88 Å². The summed E-state index contributed by atoms with van der Waals surface area (Å²) < 4.78 is 34.2. The fourth-order valence-electron chi connectivity index (χ4n) is 2.83. The molecule has 1 aliphatic rings. The third-order valence-corrected chi connectivity index (χ3v) is 6.14. The number of carbonyl (C=O) groups excluding carboxylic acids is 1. The van der Waals surface area contributed by atoms with E-state index < -0.39 is 10.9 Å². The van der Waals surface area contributed by atoms with Crippen molar-refractivity contribution in [2.75, 3.05) is 31.1 Å². The van der Waals surface area contributed by atoms with Gasteiger partial charge in [0.15, 0.2) is 5.13 Å². The standard InChI is InChI=1S/C20H25F2N3O2S2/c1-19(2,3)27-18(26)25-11-9-24(10-12-25)17-23-14-16(28-17)13-20(21,22)29-15-7-5-4-6-8-15/h4-8,14H,9-13H2,1-3H3. The summed E-state index contributed by atoms with van der Waals surface area (Å²) in [7, 11) is 0. The second-order valence-electron chi connectivity index (χ2n) is 7.79. The zero-order valence-corrected chi connectivity index (χ0v) is 18.4. The van der Waals surface area contributed by atoms with Gasteiger partial charge in [-0.05, 0) is 32.9 Å². The smallest absolute Gasteiger partial charge is 0.410 e. The number of halogens is 2. The Balaban J connectivity index is 1.53. The molecule has 3 rings (SSSR count). The molecule has 0 atom stereocenters. The molecule has 0 unspecified atom stereocenters. The number of alkyl halides is 2. The molecule has 5 nitrogen and oxygen atoms in total. The van der Waals surface area contributed by atoms with Crippen molar-refractivity contribution < 1.29 is 18.3 Å². The monoisotopic (exact) mass is 441 g/mol. The van der Waals surface area contributed by atoms with Crippen molar-refractivity contribution in [2.45, 2.75) is 42.9 Å². The number of anilines is 1. The first-order chi connectivity index (χ1) is 13.6. The zero-order chi connectivity index (χ0) is 21.1. The van der Waals surface area contributed by atoms with Crippen LogP contribution in [0.1, 0.15) is 25.6 Å². The van der Waals surface area contributed by atoms with Gasteiger partial charge in [0.2, 0.25) is 0 Å². The molecule has 29 heavy (non-hydrogen) atoms. The van der Waals surface area contributed by atoms with Crippen LogP contribution in [0.25, 0.3) is 0 Å². The molecular formula is C20H25F2N3O2S2. The van der Waals surface area contributed by atoms with E-state index in [1.165, 1.54) is 17.5 Å². The van der Waals surface area contributed by atoms with E-state index in [4.69, 9.17) is 4.74 Å². The van der Waals surface area contributed by atoms with Crippen LogP contribution in [0.5, 0.6) is 0 Å². The molecule has 0 spiro atoms. The second-order valence-corrected chi connectivity index (χ2v) is 10.2. The van der Waals surface area contributed by atoms with Gasteiger partial charge in [0, 0.05) is 42.1 Å². The molecule has 1 amide bonds. The number of benzene rings is 1. The Morgan fingerprint density at radius 3 is 2.45 bits per heavy atom. The minimum atomic E-state index is -2.90. The van der Waals surface area contributed by atoms with Crippen LogP contribution in [0, 0.1) is 0 Å². The molecule has 0 aliphatic carbocycles. The minimum Gasteiger partial charge on any atom is -0.444 e. The lowest BCUT2D eigenvalue weighted by Gasteiger charge is -2.35. The van der Waals surface area contributed by atoms with E-state index in [1.807, 2.05) is 25.7 Å². The van der Waals surface area contributed by atoms with Gasteiger partial charge in [0.05, 0.1) is 6.42 Å². The van der Waals surface area contributed by atoms with E-state index in [0.29, 0.717) is 52.8 Å². The summed E-state index contributed by atoms with van der Waals surface area (Å²) in [5, 5.41) is -2.19. The fourth-order valence-corrected chi connectivity index (χ4v) is 4.80. The second kappa shape index (κ2) is 8.87. The van der Waals surface area contributed by atoms with Gasteiger partial charge in [0.25, 0.3) is 0 Å². The molecule has 1 saturated heterocycles. The lowest BCUT2D eigenvalue weighted by atomic mass is 10.2. The highest BCUT2D eigenvalue weighted by molar-refractivity contribution is 8.00. The lowest BCUT2D eigenvalue weighted by Crippen LogP contribution is -2.50. The van der Waals surface area contributed by atoms with Crippen LogP contribution in [0.2, 0.25) is 0 Å². The normalized spacial score (nSPS) is 15.5. The number of hydrogen-bond donors (Lipinski definition) is 0. The van der Waals surface area contributed by atoms with Crippen LogP contribution < -0.4 is 4.90 Å². The molecule has 0 saturated carbocycles. The highest BCUT2D eigenvalue weighted by Gasteiger charge is 2.32. The van der Waals surface area contributed by atoms with Gasteiger partial charge >= 0.3 is 11.3 Å². The van der Waals surface area contributed by atoms with Crippen molar-refractivity contribution in [3.05, 3.63) is 41.4 Å². The van der Waals surface area contributed by atoms with Crippen molar-refractivity contribution in [3.63, 3.8) is 0 Å². The number of piperazine rings is 1. The summed E-state index contributed by atoms with van der Waals surface area (Å²) in [6.45, 7) is 7.74. The van der Waals surface area contributed by atoms with Gasteiger partial charge in [-0.25, -0.2) is 9.78 Å². The molecule has 0 radical (unpaired) electrons. The van der Waals surface area contributed by atoms with Gasteiger partial charge in [0.1, 0.15) is 5.60 Å². The lowest BCUT2D eigenvalue weighted by molar-refractivity contribution is 0.0240. The van der Waals surface area contributed by atoms with Crippen LogP contribution in [0.4, 0.5) is 18.7 Å². The number of carbonyl (C=O) groups is 1. The van der Waals surface area contributed by atoms with Gasteiger partial charge in [-0.2, -0.15) is 8.78 Å². The maximum Gasteiger partial charge on any atom is 0.410 e. The van der Waals surface area contributed by atoms with E-state index in [1.54, 1.807) is 35.2 Å². The summed E-state index contributed by atoms with van der Waals surface area (Å²) >= 11 is 1.85.